The van der Waals surface area contributed by atoms with E-state index in [1.165, 1.54) is 5.01 Å². The zero-order chi connectivity index (χ0) is 13.2. The van der Waals surface area contributed by atoms with Gasteiger partial charge in [-0.2, -0.15) is 0 Å². The Balaban J connectivity index is 1.65. The Morgan fingerprint density at radius 3 is 3.05 bits per heavy atom. The van der Waals surface area contributed by atoms with E-state index >= 15 is 0 Å². The molecule has 4 nitrogen and oxygen atoms in total. The summed E-state index contributed by atoms with van der Waals surface area (Å²) in [6.45, 7) is 4.45. The summed E-state index contributed by atoms with van der Waals surface area (Å²) in [6.07, 6.45) is 3.93. The Morgan fingerprint density at radius 2 is 2.37 bits per heavy atom. The second-order valence-corrected chi connectivity index (χ2v) is 6.34. The number of aromatic nitrogens is 1. The molecule has 0 unspecified atom stereocenters. The van der Waals surface area contributed by atoms with Crippen LogP contribution in [0.2, 0.25) is 0 Å². The molecular weight excluding hydrogens is 260 g/mol. The Labute approximate surface area is 117 Å². The zero-order valence-electron chi connectivity index (χ0n) is 11.3. The van der Waals surface area contributed by atoms with Gasteiger partial charge in [0.05, 0.1) is 5.01 Å². The highest BCUT2D eigenvalue weighted by molar-refractivity contribution is 7.09. The summed E-state index contributed by atoms with van der Waals surface area (Å²) in [5.41, 5.74) is 1.09. The molecule has 2 atom stereocenters. The Bertz CT molecular complexity index is 454. The van der Waals surface area contributed by atoms with Crippen LogP contribution < -0.4 is 0 Å². The normalized spacial score (nSPS) is 27.7. The van der Waals surface area contributed by atoms with Gasteiger partial charge in [-0.25, -0.2) is 4.98 Å². The SMILES string of the molecule is Cc1csc([C@@H]2CCCN(C(=O)[C@H]3CCCO3)C2)n1. The lowest BCUT2D eigenvalue weighted by molar-refractivity contribution is -0.142. The predicted molar refractivity (Wildman–Crippen MR) is 74.4 cm³/mol. The summed E-state index contributed by atoms with van der Waals surface area (Å²) in [5.74, 6) is 0.605. The quantitative estimate of drug-likeness (QED) is 0.835. The van der Waals surface area contributed by atoms with Crippen LogP contribution in [0.25, 0.3) is 0 Å². The number of carbonyl (C=O) groups is 1. The van der Waals surface area contributed by atoms with E-state index in [0.717, 1.165) is 51.1 Å². The van der Waals surface area contributed by atoms with Crippen LogP contribution in [0.15, 0.2) is 5.38 Å². The maximum Gasteiger partial charge on any atom is 0.251 e. The fraction of sp³-hybridized carbons (Fsp3) is 0.714. The molecule has 0 aromatic carbocycles. The molecule has 0 saturated carbocycles. The number of thiazole rings is 1. The van der Waals surface area contributed by atoms with Crippen LogP contribution >= 0.6 is 11.3 Å². The summed E-state index contributed by atoms with van der Waals surface area (Å²) in [7, 11) is 0. The molecule has 0 bridgehead atoms. The van der Waals surface area contributed by atoms with E-state index in [-0.39, 0.29) is 12.0 Å². The topological polar surface area (TPSA) is 42.4 Å². The largest absolute Gasteiger partial charge is 0.368 e. The average Bonchev–Trinajstić information content (AvgIpc) is 3.09. The second-order valence-electron chi connectivity index (χ2n) is 5.45. The van der Waals surface area contributed by atoms with Crippen LogP contribution in [-0.2, 0) is 9.53 Å². The van der Waals surface area contributed by atoms with Gasteiger partial charge in [-0.3, -0.25) is 4.79 Å². The first-order chi connectivity index (χ1) is 9.24. The fourth-order valence-electron chi connectivity index (χ4n) is 2.91. The van der Waals surface area contributed by atoms with Crippen molar-refractivity contribution in [2.45, 2.75) is 44.6 Å². The number of nitrogens with zero attached hydrogens (tertiary/aromatic N) is 2. The van der Waals surface area contributed by atoms with Crippen LogP contribution in [0.3, 0.4) is 0 Å². The van der Waals surface area contributed by atoms with Gasteiger partial charge in [0.2, 0.25) is 0 Å². The van der Waals surface area contributed by atoms with Crippen molar-refractivity contribution < 1.29 is 9.53 Å². The maximum absolute atomic E-state index is 12.4. The molecule has 0 radical (unpaired) electrons. The summed E-state index contributed by atoms with van der Waals surface area (Å²) in [6, 6.07) is 0. The van der Waals surface area contributed by atoms with Gasteiger partial charge < -0.3 is 9.64 Å². The van der Waals surface area contributed by atoms with Gasteiger partial charge in [0.25, 0.3) is 5.91 Å². The van der Waals surface area contributed by atoms with Crippen LogP contribution in [0, 0.1) is 6.92 Å². The molecular formula is C14H20N2O2S. The zero-order valence-corrected chi connectivity index (χ0v) is 12.1. The Hall–Kier alpha value is -0.940. The van der Waals surface area contributed by atoms with E-state index in [4.69, 9.17) is 4.74 Å². The van der Waals surface area contributed by atoms with E-state index in [9.17, 15) is 4.79 Å². The van der Waals surface area contributed by atoms with E-state index < -0.39 is 0 Å². The van der Waals surface area contributed by atoms with Gasteiger partial charge in [-0.15, -0.1) is 11.3 Å². The number of rotatable bonds is 2. The lowest BCUT2D eigenvalue weighted by atomic mass is 9.98. The van der Waals surface area contributed by atoms with E-state index in [2.05, 4.69) is 10.4 Å². The first-order valence-electron chi connectivity index (χ1n) is 7.06. The molecule has 3 rings (SSSR count). The number of piperidine rings is 1. The lowest BCUT2D eigenvalue weighted by Crippen LogP contribution is -2.44. The first kappa shape index (κ1) is 13.1. The van der Waals surface area contributed by atoms with Gasteiger partial charge in [-0.1, -0.05) is 0 Å². The van der Waals surface area contributed by atoms with Crippen molar-refractivity contribution in [2.75, 3.05) is 19.7 Å². The van der Waals surface area contributed by atoms with Crippen LogP contribution in [0.4, 0.5) is 0 Å². The lowest BCUT2D eigenvalue weighted by Gasteiger charge is -2.33. The van der Waals surface area contributed by atoms with Gasteiger partial charge >= 0.3 is 0 Å². The minimum Gasteiger partial charge on any atom is -0.368 e. The van der Waals surface area contributed by atoms with Crippen molar-refractivity contribution in [1.29, 1.82) is 0 Å². The summed E-state index contributed by atoms with van der Waals surface area (Å²) in [4.78, 5) is 18.9. The molecule has 0 N–H and O–H groups in total. The highest BCUT2D eigenvalue weighted by atomic mass is 32.1. The number of likely N-dealkylation sites (tertiary alicyclic amines) is 1. The van der Waals surface area contributed by atoms with Crippen LogP contribution in [0.5, 0.6) is 0 Å². The standard InChI is InChI=1S/C14H20N2O2S/c1-10-9-19-13(15-10)11-4-2-6-16(8-11)14(17)12-5-3-7-18-12/h9,11-12H,2-8H2,1H3/t11-,12-/m1/s1. The molecule has 2 fully saturated rings. The molecule has 2 saturated heterocycles. The van der Waals surface area contributed by atoms with Crippen LogP contribution in [-0.4, -0.2) is 41.6 Å². The summed E-state index contributed by atoms with van der Waals surface area (Å²) < 4.78 is 5.51. The number of ether oxygens (including phenoxy) is 1. The van der Waals surface area contributed by atoms with Crippen molar-refractivity contribution in [1.82, 2.24) is 9.88 Å². The fourth-order valence-corrected chi connectivity index (χ4v) is 3.84. The molecule has 1 aromatic rings. The van der Waals surface area contributed by atoms with Crippen molar-refractivity contribution in [3.05, 3.63) is 16.1 Å². The molecule has 104 valence electrons. The van der Waals surface area contributed by atoms with E-state index in [1.54, 1.807) is 11.3 Å². The monoisotopic (exact) mass is 280 g/mol. The van der Waals surface area contributed by atoms with Crippen molar-refractivity contribution in [3.63, 3.8) is 0 Å². The third kappa shape index (κ3) is 2.82. The number of aryl methyl sites for hydroxylation is 1. The first-order valence-corrected chi connectivity index (χ1v) is 7.94. The van der Waals surface area contributed by atoms with Gasteiger partial charge in [0.15, 0.2) is 0 Å². The van der Waals surface area contributed by atoms with Gasteiger partial charge in [0.1, 0.15) is 6.10 Å². The minimum absolute atomic E-state index is 0.184. The number of hydrogen-bond acceptors (Lipinski definition) is 4. The maximum atomic E-state index is 12.4. The molecule has 19 heavy (non-hydrogen) atoms. The van der Waals surface area contributed by atoms with Crippen molar-refractivity contribution in [3.8, 4) is 0 Å². The molecule has 1 amide bonds. The smallest absolute Gasteiger partial charge is 0.251 e. The molecule has 1 aromatic heterocycles. The summed E-state index contributed by atoms with van der Waals surface area (Å²) >= 11 is 1.72. The van der Waals surface area contributed by atoms with E-state index in [1.807, 2.05) is 11.8 Å². The Morgan fingerprint density at radius 1 is 1.47 bits per heavy atom. The van der Waals surface area contributed by atoms with Crippen molar-refractivity contribution >= 4 is 17.2 Å². The molecule has 2 aliphatic rings. The highest BCUT2D eigenvalue weighted by Gasteiger charge is 2.32. The number of hydrogen-bond donors (Lipinski definition) is 0. The minimum atomic E-state index is -0.184. The average molecular weight is 280 g/mol. The summed E-state index contributed by atoms with van der Waals surface area (Å²) in [5, 5.41) is 3.28. The number of amides is 1. The highest BCUT2D eigenvalue weighted by Crippen LogP contribution is 2.30. The third-order valence-corrected chi connectivity index (χ3v) is 5.05. The van der Waals surface area contributed by atoms with Crippen molar-refractivity contribution in [2.24, 2.45) is 0 Å². The van der Waals surface area contributed by atoms with Gasteiger partial charge in [-0.05, 0) is 32.6 Å². The molecule has 0 aliphatic carbocycles. The van der Waals surface area contributed by atoms with Gasteiger partial charge in [0, 0.05) is 36.7 Å². The predicted octanol–water partition coefficient (Wildman–Crippen LogP) is 2.34. The third-order valence-electron chi connectivity index (χ3n) is 3.92. The van der Waals surface area contributed by atoms with Crippen LogP contribution in [0.1, 0.15) is 42.3 Å². The molecule has 5 heteroatoms. The van der Waals surface area contributed by atoms with E-state index in [0.29, 0.717) is 5.92 Å². The second kappa shape index (κ2) is 5.59. The molecule has 3 heterocycles. The molecule has 2 aliphatic heterocycles. The number of carbonyl (C=O) groups excluding carboxylic acids is 1. The molecule has 0 spiro atoms. The Kier molecular flexibility index (Phi) is 3.84.